The standard InChI is InChI=1S/C10H23N3O2S/c1-3-13(4-2)16(14,15)12-9-7-10-6-5-8-11-10/h10-12H,3-9H2,1-2H3/t10-/m0/s1. The highest BCUT2D eigenvalue weighted by atomic mass is 32.2. The lowest BCUT2D eigenvalue weighted by Gasteiger charge is -2.19. The topological polar surface area (TPSA) is 61.4 Å². The number of nitrogens with zero attached hydrogens (tertiary/aromatic N) is 1. The van der Waals surface area contributed by atoms with Crippen molar-refractivity contribution < 1.29 is 8.42 Å². The molecule has 1 aliphatic rings. The molecule has 1 atom stereocenters. The van der Waals surface area contributed by atoms with Crippen LogP contribution >= 0.6 is 0 Å². The summed E-state index contributed by atoms with van der Waals surface area (Å²) in [4.78, 5) is 0. The molecule has 1 rings (SSSR count). The van der Waals surface area contributed by atoms with E-state index in [9.17, 15) is 8.42 Å². The van der Waals surface area contributed by atoms with Gasteiger partial charge >= 0.3 is 0 Å². The van der Waals surface area contributed by atoms with Crippen LogP contribution in [0.4, 0.5) is 0 Å². The molecule has 0 aromatic carbocycles. The summed E-state index contributed by atoms with van der Waals surface area (Å²) < 4.78 is 27.6. The molecule has 0 saturated carbocycles. The second-order valence-corrected chi connectivity index (χ2v) is 5.82. The van der Waals surface area contributed by atoms with Crippen molar-refractivity contribution in [2.75, 3.05) is 26.2 Å². The third-order valence-corrected chi connectivity index (χ3v) is 4.75. The largest absolute Gasteiger partial charge is 0.314 e. The maximum atomic E-state index is 11.8. The molecule has 6 heteroatoms. The van der Waals surface area contributed by atoms with E-state index in [1.165, 1.54) is 10.7 Å². The summed E-state index contributed by atoms with van der Waals surface area (Å²) in [5.41, 5.74) is 0. The Bertz CT molecular complexity index is 282. The Morgan fingerprint density at radius 3 is 2.56 bits per heavy atom. The van der Waals surface area contributed by atoms with Crippen LogP contribution in [0.1, 0.15) is 33.1 Å². The van der Waals surface area contributed by atoms with E-state index in [1.807, 2.05) is 13.8 Å². The van der Waals surface area contributed by atoms with Crippen molar-refractivity contribution in [2.24, 2.45) is 0 Å². The molecule has 0 aromatic rings. The predicted octanol–water partition coefficient (Wildman–Crippen LogP) is 0.305. The second kappa shape index (κ2) is 6.54. The minimum Gasteiger partial charge on any atom is -0.314 e. The minimum atomic E-state index is -3.26. The van der Waals surface area contributed by atoms with E-state index in [1.54, 1.807) is 0 Å². The van der Waals surface area contributed by atoms with Crippen molar-refractivity contribution in [3.63, 3.8) is 0 Å². The zero-order chi connectivity index (χ0) is 12.0. The normalized spacial score (nSPS) is 21.8. The van der Waals surface area contributed by atoms with Gasteiger partial charge in [-0.25, -0.2) is 4.72 Å². The van der Waals surface area contributed by atoms with Gasteiger partial charge in [0.15, 0.2) is 0 Å². The van der Waals surface area contributed by atoms with Gasteiger partial charge in [0.05, 0.1) is 0 Å². The first-order chi connectivity index (χ1) is 7.60. The van der Waals surface area contributed by atoms with E-state index in [2.05, 4.69) is 10.0 Å². The Morgan fingerprint density at radius 2 is 2.06 bits per heavy atom. The highest BCUT2D eigenvalue weighted by Crippen LogP contribution is 2.08. The Morgan fingerprint density at radius 1 is 1.38 bits per heavy atom. The van der Waals surface area contributed by atoms with E-state index in [0.717, 1.165) is 19.4 Å². The summed E-state index contributed by atoms with van der Waals surface area (Å²) in [5, 5.41) is 3.35. The van der Waals surface area contributed by atoms with Gasteiger partial charge in [-0.3, -0.25) is 0 Å². The monoisotopic (exact) mass is 249 g/mol. The molecule has 1 heterocycles. The van der Waals surface area contributed by atoms with Gasteiger partial charge in [0.1, 0.15) is 0 Å². The number of hydrogen-bond donors (Lipinski definition) is 2. The molecule has 2 N–H and O–H groups in total. The highest BCUT2D eigenvalue weighted by molar-refractivity contribution is 7.87. The van der Waals surface area contributed by atoms with E-state index in [4.69, 9.17) is 0 Å². The minimum absolute atomic E-state index is 0.486. The maximum Gasteiger partial charge on any atom is 0.279 e. The maximum absolute atomic E-state index is 11.8. The molecule has 0 amide bonds. The van der Waals surface area contributed by atoms with Crippen molar-refractivity contribution in [1.82, 2.24) is 14.3 Å². The Hall–Kier alpha value is -0.170. The fourth-order valence-corrected chi connectivity index (χ4v) is 3.26. The Labute approximate surface area is 98.8 Å². The summed E-state index contributed by atoms with van der Waals surface area (Å²) in [6.07, 6.45) is 3.24. The summed E-state index contributed by atoms with van der Waals surface area (Å²) in [6.45, 7) is 6.33. The third-order valence-electron chi connectivity index (χ3n) is 2.98. The van der Waals surface area contributed by atoms with Crippen LogP contribution < -0.4 is 10.0 Å². The van der Waals surface area contributed by atoms with Crippen LogP contribution in [0.15, 0.2) is 0 Å². The number of hydrogen-bond acceptors (Lipinski definition) is 3. The van der Waals surface area contributed by atoms with Gasteiger partial charge in [-0.05, 0) is 25.8 Å². The van der Waals surface area contributed by atoms with E-state index in [0.29, 0.717) is 25.7 Å². The van der Waals surface area contributed by atoms with Crippen LogP contribution in [-0.2, 0) is 10.2 Å². The van der Waals surface area contributed by atoms with Crippen LogP contribution in [0.2, 0.25) is 0 Å². The summed E-state index contributed by atoms with van der Waals surface area (Å²) >= 11 is 0. The molecular weight excluding hydrogens is 226 g/mol. The lowest BCUT2D eigenvalue weighted by Crippen LogP contribution is -2.41. The van der Waals surface area contributed by atoms with Crippen molar-refractivity contribution in [3.8, 4) is 0 Å². The fourth-order valence-electron chi connectivity index (χ4n) is 2.02. The smallest absolute Gasteiger partial charge is 0.279 e. The molecule has 5 nitrogen and oxygen atoms in total. The van der Waals surface area contributed by atoms with Gasteiger partial charge in [0, 0.05) is 25.7 Å². The zero-order valence-electron chi connectivity index (χ0n) is 10.2. The van der Waals surface area contributed by atoms with Crippen molar-refractivity contribution in [2.45, 2.75) is 39.2 Å². The predicted molar refractivity (Wildman–Crippen MR) is 65.5 cm³/mol. The molecule has 0 aromatic heterocycles. The summed E-state index contributed by atoms with van der Waals surface area (Å²) in [6, 6.07) is 0.486. The molecule has 1 saturated heterocycles. The van der Waals surface area contributed by atoms with Crippen LogP contribution in [0.3, 0.4) is 0 Å². The van der Waals surface area contributed by atoms with E-state index < -0.39 is 10.2 Å². The first-order valence-electron chi connectivity index (χ1n) is 6.08. The molecule has 0 radical (unpaired) electrons. The van der Waals surface area contributed by atoms with Gasteiger partial charge in [0.2, 0.25) is 0 Å². The molecule has 0 spiro atoms. The molecule has 0 aliphatic carbocycles. The van der Waals surface area contributed by atoms with Crippen LogP contribution in [-0.4, -0.2) is 44.9 Å². The molecule has 1 fully saturated rings. The fraction of sp³-hybridized carbons (Fsp3) is 1.00. The van der Waals surface area contributed by atoms with Crippen LogP contribution in [0, 0.1) is 0 Å². The van der Waals surface area contributed by atoms with Gasteiger partial charge in [-0.1, -0.05) is 13.8 Å². The first-order valence-corrected chi connectivity index (χ1v) is 7.52. The highest BCUT2D eigenvalue weighted by Gasteiger charge is 2.19. The van der Waals surface area contributed by atoms with Crippen LogP contribution in [0.25, 0.3) is 0 Å². The second-order valence-electron chi connectivity index (χ2n) is 4.07. The molecule has 0 unspecified atom stereocenters. The number of nitrogens with one attached hydrogen (secondary N) is 2. The average molecular weight is 249 g/mol. The molecular formula is C10H23N3O2S. The quantitative estimate of drug-likeness (QED) is 0.682. The summed E-state index contributed by atoms with van der Waals surface area (Å²) in [7, 11) is -3.26. The first kappa shape index (κ1) is 13.9. The van der Waals surface area contributed by atoms with Crippen molar-refractivity contribution in [3.05, 3.63) is 0 Å². The lowest BCUT2D eigenvalue weighted by atomic mass is 10.2. The zero-order valence-corrected chi connectivity index (χ0v) is 11.0. The Balaban J connectivity index is 2.29. The SMILES string of the molecule is CCN(CC)S(=O)(=O)NCC[C@@H]1CCCN1. The van der Waals surface area contributed by atoms with Crippen molar-refractivity contribution in [1.29, 1.82) is 0 Å². The molecule has 0 bridgehead atoms. The summed E-state index contributed by atoms with van der Waals surface area (Å²) in [5.74, 6) is 0. The Kier molecular flexibility index (Phi) is 5.68. The van der Waals surface area contributed by atoms with Gasteiger partial charge in [-0.15, -0.1) is 0 Å². The lowest BCUT2D eigenvalue weighted by molar-refractivity contribution is 0.431. The van der Waals surface area contributed by atoms with E-state index >= 15 is 0 Å². The molecule has 1 aliphatic heterocycles. The van der Waals surface area contributed by atoms with Gasteiger partial charge < -0.3 is 5.32 Å². The molecule has 16 heavy (non-hydrogen) atoms. The third kappa shape index (κ3) is 4.01. The van der Waals surface area contributed by atoms with E-state index in [-0.39, 0.29) is 0 Å². The van der Waals surface area contributed by atoms with Crippen LogP contribution in [0.5, 0.6) is 0 Å². The molecule has 96 valence electrons. The number of rotatable bonds is 7. The average Bonchev–Trinajstić information content (AvgIpc) is 2.71. The van der Waals surface area contributed by atoms with Gasteiger partial charge in [-0.2, -0.15) is 12.7 Å². The van der Waals surface area contributed by atoms with Crippen molar-refractivity contribution >= 4 is 10.2 Å². The van der Waals surface area contributed by atoms with Gasteiger partial charge in [0.25, 0.3) is 10.2 Å².